The summed E-state index contributed by atoms with van der Waals surface area (Å²) < 4.78 is 11.3. The molecule has 0 aromatic heterocycles. The van der Waals surface area contributed by atoms with Gasteiger partial charge in [-0.1, -0.05) is 36.4 Å². The smallest absolute Gasteiger partial charge is 0.147 e. The molecule has 4 aromatic rings. The molecular formula is C25H22N2O4. The number of nitrogens with zero attached hydrogens (tertiary/aromatic N) is 2. The molecule has 2 N–H and O–H groups in total. The molecule has 156 valence electrons. The molecule has 0 bridgehead atoms. The van der Waals surface area contributed by atoms with Gasteiger partial charge in [-0.15, -0.1) is 5.11 Å². The Bertz CT molecular complexity index is 1200. The van der Waals surface area contributed by atoms with Crippen molar-refractivity contribution in [2.24, 2.45) is 10.2 Å². The van der Waals surface area contributed by atoms with Crippen LogP contribution in [0.2, 0.25) is 0 Å². The van der Waals surface area contributed by atoms with Gasteiger partial charge in [-0.25, -0.2) is 0 Å². The van der Waals surface area contributed by atoms with Crippen LogP contribution < -0.4 is 9.47 Å². The van der Waals surface area contributed by atoms with Crippen molar-refractivity contribution in [1.82, 2.24) is 0 Å². The zero-order valence-electron chi connectivity index (χ0n) is 17.0. The quantitative estimate of drug-likeness (QED) is 0.361. The van der Waals surface area contributed by atoms with Crippen LogP contribution in [-0.2, 0) is 13.2 Å². The lowest BCUT2D eigenvalue weighted by Gasteiger charge is -2.09. The maximum Gasteiger partial charge on any atom is 0.147 e. The second-order valence-electron chi connectivity index (χ2n) is 6.93. The van der Waals surface area contributed by atoms with Crippen LogP contribution in [0.3, 0.4) is 0 Å². The number of aliphatic hydroxyl groups excluding tert-OH is 2. The summed E-state index contributed by atoms with van der Waals surface area (Å²) in [6, 6.07) is 24.2. The summed E-state index contributed by atoms with van der Waals surface area (Å²) in [4.78, 5) is 0. The summed E-state index contributed by atoms with van der Waals surface area (Å²) in [6.07, 6.45) is 0. The van der Waals surface area contributed by atoms with Gasteiger partial charge in [0.15, 0.2) is 0 Å². The third-order valence-corrected chi connectivity index (χ3v) is 4.81. The fourth-order valence-electron chi connectivity index (χ4n) is 3.30. The number of hydrogen-bond donors (Lipinski definition) is 2. The molecule has 0 aliphatic heterocycles. The molecular weight excluding hydrogens is 392 g/mol. The van der Waals surface area contributed by atoms with Crippen LogP contribution in [-0.4, -0.2) is 17.3 Å². The van der Waals surface area contributed by atoms with Gasteiger partial charge >= 0.3 is 0 Å². The second kappa shape index (κ2) is 9.38. The van der Waals surface area contributed by atoms with Crippen molar-refractivity contribution < 1.29 is 19.7 Å². The maximum atomic E-state index is 9.37. The van der Waals surface area contributed by atoms with E-state index < -0.39 is 0 Å². The van der Waals surface area contributed by atoms with E-state index in [0.717, 1.165) is 10.8 Å². The summed E-state index contributed by atoms with van der Waals surface area (Å²) in [6.45, 7) is -0.248. The molecule has 0 radical (unpaired) electrons. The van der Waals surface area contributed by atoms with Gasteiger partial charge in [0.25, 0.3) is 0 Å². The average molecular weight is 414 g/mol. The molecule has 6 nitrogen and oxygen atoms in total. The highest BCUT2D eigenvalue weighted by molar-refractivity contribution is 5.95. The van der Waals surface area contributed by atoms with Crippen molar-refractivity contribution in [2.75, 3.05) is 7.11 Å². The van der Waals surface area contributed by atoms with Crippen LogP contribution in [0, 0.1) is 0 Å². The van der Waals surface area contributed by atoms with E-state index in [1.165, 1.54) is 0 Å². The van der Waals surface area contributed by atoms with Crippen LogP contribution in [0.4, 0.5) is 11.4 Å². The highest BCUT2D eigenvalue weighted by Gasteiger charge is 2.08. The molecule has 4 aromatic carbocycles. The van der Waals surface area contributed by atoms with Crippen molar-refractivity contribution >= 4 is 22.1 Å². The summed E-state index contributed by atoms with van der Waals surface area (Å²) in [7, 11) is 1.61. The van der Waals surface area contributed by atoms with Crippen LogP contribution in [0.25, 0.3) is 10.8 Å². The van der Waals surface area contributed by atoms with Gasteiger partial charge in [-0.2, -0.15) is 5.11 Å². The molecule has 0 atom stereocenters. The Balaban J connectivity index is 1.56. The van der Waals surface area contributed by atoms with Crippen molar-refractivity contribution in [2.45, 2.75) is 13.2 Å². The summed E-state index contributed by atoms with van der Waals surface area (Å²) in [5.41, 5.74) is 2.70. The van der Waals surface area contributed by atoms with Gasteiger partial charge < -0.3 is 19.7 Å². The first-order valence-corrected chi connectivity index (χ1v) is 9.80. The monoisotopic (exact) mass is 414 g/mol. The first-order valence-electron chi connectivity index (χ1n) is 9.80. The molecule has 4 rings (SSSR count). The number of rotatable bonds is 7. The lowest BCUT2D eigenvalue weighted by Crippen LogP contribution is -1.92. The van der Waals surface area contributed by atoms with Gasteiger partial charge in [0.2, 0.25) is 0 Å². The molecule has 6 heteroatoms. The van der Waals surface area contributed by atoms with Gasteiger partial charge in [-0.05, 0) is 59.0 Å². The molecule has 0 fully saturated rings. The van der Waals surface area contributed by atoms with Crippen molar-refractivity contribution in [1.29, 1.82) is 0 Å². The predicted molar refractivity (Wildman–Crippen MR) is 119 cm³/mol. The minimum atomic E-state index is -0.124. The van der Waals surface area contributed by atoms with Gasteiger partial charge in [0, 0.05) is 5.39 Å². The Morgan fingerprint density at radius 2 is 1.45 bits per heavy atom. The van der Waals surface area contributed by atoms with E-state index >= 15 is 0 Å². The van der Waals surface area contributed by atoms with E-state index in [-0.39, 0.29) is 13.2 Å². The van der Waals surface area contributed by atoms with Crippen LogP contribution in [0.1, 0.15) is 11.1 Å². The Morgan fingerprint density at radius 3 is 2.13 bits per heavy atom. The van der Waals surface area contributed by atoms with Crippen molar-refractivity contribution in [3.05, 3.63) is 90.0 Å². The number of azo groups is 1. The van der Waals surface area contributed by atoms with Crippen molar-refractivity contribution in [3.8, 4) is 17.2 Å². The molecule has 0 spiro atoms. The first kappa shape index (κ1) is 20.5. The zero-order valence-corrected chi connectivity index (χ0v) is 17.0. The summed E-state index contributed by atoms with van der Waals surface area (Å²) >= 11 is 0. The number of benzene rings is 4. The summed E-state index contributed by atoms with van der Waals surface area (Å²) in [5, 5.41) is 29.6. The second-order valence-corrected chi connectivity index (χ2v) is 6.93. The minimum Gasteiger partial charge on any atom is -0.494 e. The van der Waals surface area contributed by atoms with Crippen LogP contribution in [0.5, 0.6) is 17.2 Å². The van der Waals surface area contributed by atoms with E-state index in [9.17, 15) is 10.2 Å². The fourth-order valence-corrected chi connectivity index (χ4v) is 3.30. The molecule has 0 unspecified atom stereocenters. The molecule has 0 saturated carbocycles. The predicted octanol–water partition coefficient (Wildman–Crippen LogP) is 6.04. The molecule has 31 heavy (non-hydrogen) atoms. The minimum absolute atomic E-state index is 0.124. The van der Waals surface area contributed by atoms with Gasteiger partial charge in [-0.3, -0.25) is 0 Å². The number of aliphatic hydroxyl groups is 2. The van der Waals surface area contributed by atoms with Crippen LogP contribution >= 0.6 is 0 Å². The Hall–Kier alpha value is -3.74. The fraction of sp³-hybridized carbons (Fsp3) is 0.120. The number of fused-ring (bicyclic) bond motifs is 1. The molecule has 0 amide bonds. The van der Waals surface area contributed by atoms with E-state index in [0.29, 0.717) is 39.8 Å². The number of hydrogen-bond acceptors (Lipinski definition) is 6. The number of methoxy groups -OCH3 is 1. The lowest BCUT2D eigenvalue weighted by molar-refractivity contribution is 0.274. The van der Waals surface area contributed by atoms with Gasteiger partial charge in [0.05, 0.1) is 26.0 Å². The van der Waals surface area contributed by atoms with Crippen LogP contribution in [0.15, 0.2) is 89.1 Å². The SMILES string of the molecule is COc1ccc2ccccc2c1N=Nc1ccc(Oc2cc(CO)cc(CO)c2)cc1. The van der Waals surface area contributed by atoms with Crippen molar-refractivity contribution in [3.63, 3.8) is 0 Å². The Labute approximate surface area is 180 Å². The Morgan fingerprint density at radius 1 is 0.742 bits per heavy atom. The average Bonchev–Trinajstić information content (AvgIpc) is 2.83. The lowest BCUT2D eigenvalue weighted by atomic mass is 10.1. The summed E-state index contributed by atoms with van der Waals surface area (Å²) in [5.74, 6) is 1.82. The van der Waals surface area contributed by atoms with E-state index in [1.54, 1.807) is 49.6 Å². The van der Waals surface area contributed by atoms with E-state index in [4.69, 9.17) is 9.47 Å². The third-order valence-electron chi connectivity index (χ3n) is 4.81. The standard InChI is InChI=1S/C25H22N2O4/c1-30-24-11-6-19-4-2-3-5-23(19)25(24)27-26-20-7-9-21(10-8-20)31-22-13-17(15-28)12-18(14-22)16-29/h2-14,28-29H,15-16H2,1H3. The maximum absolute atomic E-state index is 9.37. The topological polar surface area (TPSA) is 83.6 Å². The molecule has 0 heterocycles. The largest absolute Gasteiger partial charge is 0.494 e. The van der Waals surface area contributed by atoms with E-state index in [2.05, 4.69) is 10.2 Å². The third kappa shape index (κ3) is 4.71. The molecule has 0 aliphatic carbocycles. The first-order chi connectivity index (χ1) is 15.2. The molecule has 0 saturated heterocycles. The number of ether oxygens (including phenoxy) is 2. The van der Waals surface area contributed by atoms with Gasteiger partial charge in [0.1, 0.15) is 22.9 Å². The highest BCUT2D eigenvalue weighted by atomic mass is 16.5. The normalized spacial score (nSPS) is 11.2. The highest BCUT2D eigenvalue weighted by Crippen LogP contribution is 2.37. The zero-order chi connectivity index (χ0) is 21.6. The Kier molecular flexibility index (Phi) is 6.21. The van der Waals surface area contributed by atoms with E-state index in [1.807, 2.05) is 36.4 Å². The molecule has 0 aliphatic rings.